The van der Waals surface area contributed by atoms with Crippen molar-refractivity contribution in [2.24, 2.45) is 5.73 Å². The summed E-state index contributed by atoms with van der Waals surface area (Å²) < 4.78 is 5.04. The predicted octanol–water partition coefficient (Wildman–Crippen LogP) is 1.76. The monoisotopic (exact) mass is 194 g/mol. The maximum atomic E-state index is 5.93. The summed E-state index contributed by atoms with van der Waals surface area (Å²) >= 11 is 0. The minimum Gasteiger partial charge on any atom is -0.481 e. The molecule has 0 aliphatic heterocycles. The lowest BCUT2D eigenvalue weighted by Crippen LogP contribution is -2.22. The number of ether oxygens (including phenoxy) is 1. The molecule has 0 aliphatic rings. The molecule has 0 spiro atoms. The zero-order valence-electron chi connectivity index (χ0n) is 8.86. The standard InChI is InChI=1S/C11H18N2O/c1-3-5-9(12)8-10-6-4-7-11(13-10)14-2/h4,6-7,9H,3,5,8,12H2,1-2H3. The summed E-state index contributed by atoms with van der Waals surface area (Å²) in [6.45, 7) is 2.14. The highest BCUT2D eigenvalue weighted by Crippen LogP contribution is 2.09. The Hall–Kier alpha value is -1.09. The number of nitrogens with zero attached hydrogens (tertiary/aromatic N) is 1. The summed E-state index contributed by atoms with van der Waals surface area (Å²) in [7, 11) is 1.62. The highest BCUT2D eigenvalue weighted by Gasteiger charge is 2.04. The first-order valence-corrected chi connectivity index (χ1v) is 5.01. The molecule has 1 heterocycles. The van der Waals surface area contributed by atoms with Gasteiger partial charge in [0.05, 0.1) is 7.11 Å². The van der Waals surface area contributed by atoms with Gasteiger partial charge in [-0.3, -0.25) is 0 Å². The van der Waals surface area contributed by atoms with E-state index in [1.807, 2.05) is 18.2 Å². The second kappa shape index (κ2) is 5.60. The highest BCUT2D eigenvalue weighted by atomic mass is 16.5. The third-order valence-corrected chi connectivity index (χ3v) is 2.12. The Bertz CT molecular complexity index is 276. The summed E-state index contributed by atoms with van der Waals surface area (Å²) in [5, 5.41) is 0. The molecule has 1 aromatic rings. The second-order valence-electron chi connectivity index (χ2n) is 3.42. The van der Waals surface area contributed by atoms with Crippen LogP contribution >= 0.6 is 0 Å². The molecule has 0 saturated carbocycles. The Morgan fingerprint density at radius 2 is 2.29 bits per heavy atom. The smallest absolute Gasteiger partial charge is 0.213 e. The number of aromatic nitrogens is 1. The molecule has 2 N–H and O–H groups in total. The minimum atomic E-state index is 0.208. The SMILES string of the molecule is CCCC(N)Cc1cccc(OC)n1. The summed E-state index contributed by atoms with van der Waals surface area (Å²) in [5.41, 5.74) is 6.93. The lowest BCUT2D eigenvalue weighted by molar-refractivity contribution is 0.395. The van der Waals surface area contributed by atoms with Gasteiger partial charge in [-0.05, 0) is 12.5 Å². The van der Waals surface area contributed by atoms with E-state index >= 15 is 0 Å². The molecule has 1 atom stereocenters. The van der Waals surface area contributed by atoms with Crippen LogP contribution in [0.3, 0.4) is 0 Å². The van der Waals surface area contributed by atoms with Crippen molar-refractivity contribution in [3.8, 4) is 5.88 Å². The van der Waals surface area contributed by atoms with Crippen LogP contribution in [-0.2, 0) is 6.42 Å². The Morgan fingerprint density at radius 1 is 1.50 bits per heavy atom. The predicted molar refractivity (Wildman–Crippen MR) is 57.4 cm³/mol. The first-order valence-electron chi connectivity index (χ1n) is 5.01. The molecule has 0 aliphatic carbocycles. The van der Waals surface area contributed by atoms with Gasteiger partial charge >= 0.3 is 0 Å². The van der Waals surface area contributed by atoms with Crippen LogP contribution in [-0.4, -0.2) is 18.1 Å². The van der Waals surface area contributed by atoms with E-state index in [-0.39, 0.29) is 6.04 Å². The molecule has 0 fully saturated rings. The van der Waals surface area contributed by atoms with Gasteiger partial charge in [-0.15, -0.1) is 0 Å². The van der Waals surface area contributed by atoms with Crippen LogP contribution in [0.2, 0.25) is 0 Å². The summed E-state index contributed by atoms with van der Waals surface area (Å²) in [6.07, 6.45) is 2.98. The van der Waals surface area contributed by atoms with Crippen LogP contribution in [0.15, 0.2) is 18.2 Å². The van der Waals surface area contributed by atoms with Crippen molar-refractivity contribution in [1.82, 2.24) is 4.98 Å². The van der Waals surface area contributed by atoms with Gasteiger partial charge in [-0.2, -0.15) is 0 Å². The Labute approximate surface area is 85.3 Å². The number of pyridine rings is 1. The molecular weight excluding hydrogens is 176 g/mol. The van der Waals surface area contributed by atoms with Crippen LogP contribution in [0.25, 0.3) is 0 Å². The number of hydrogen-bond acceptors (Lipinski definition) is 3. The van der Waals surface area contributed by atoms with Crippen LogP contribution in [0.1, 0.15) is 25.5 Å². The maximum Gasteiger partial charge on any atom is 0.213 e. The van der Waals surface area contributed by atoms with Crippen molar-refractivity contribution in [3.63, 3.8) is 0 Å². The van der Waals surface area contributed by atoms with E-state index in [4.69, 9.17) is 10.5 Å². The van der Waals surface area contributed by atoms with E-state index in [2.05, 4.69) is 11.9 Å². The molecule has 0 amide bonds. The molecule has 1 rings (SSSR count). The topological polar surface area (TPSA) is 48.1 Å². The molecule has 3 nitrogen and oxygen atoms in total. The van der Waals surface area contributed by atoms with Gasteiger partial charge in [0, 0.05) is 24.2 Å². The van der Waals surface area contributed by atoms with Gasteiger partial charge in [-0.25, -0.2) is 4.98 Å². The van der Waals surface area contributed by atoms with E-state index in [0.29, 0.717) is 5.88 Å². The second-order valence-corrected chi connectivity index (χ2v) is 3.42. The average Bonchev–Trinajstić information content (AvgIpc) is 2.18. The molecule has 14 heavy (non-hydrogen) atoms. The zero-order chi connectivity index (χ0) is 10.4. The van der Waals surface area contributed by atoms with Crippen molar-refractivity contribution in [1.29, 1.82) is 0 Å². The Balaban J connectivity index is 2.57. The Morgan fingerprint density at radius 3 is 2.93 bits per heavy atom. The van der Waals surface area contributed by atoms with Gasteiger partial charge in [0.25, 0.3) is 0 Å². The summed E-state index contributed by atoms with van der Waals surface area (Å²) in [4.78, 5) is 4.31. The first-order chi connectivity index (χ1) is 6.76. The fourth-order valence-electron chi connectivity index (χ4n) is 1.43. The molecule has 0 saturated heterocycles. The van der Waals surface area contributed by atoms with Crippen LogP contribution in [0.4, 0.5) is 0 Å². The molecule has 1 aromatic heterocycles. The van der Waals surface area contributed by atoms with E-state index < -0.39 is 0 Å². The van der Waals surface area contributed by atoms with Crippen molar-refractivity contribution >= 4 is 0 Å². The lowest BCUT2D eigenvalue weighted by atomic mass is 10.1. The van der Waals surface area contributed by atoms with Gasteiger partial charge in [0.15, 0.2) is 0 Å². The van der Waals surface area contributed by atoms with E-state index in [1.165, 1.54) is 0 Å². The number of nitrogens with two attached hydrogens (primary N) is 1. The molecule has 3 heteroatoms. The molecule has 0 aromatic carbocycles. The molecule has 78 valence electrons. The van der Waals surface area contributed by atoms with Crippen molar-refractivity contribution < 1.29 is 4.74 Å². The maximum absolute atomic E-state index is 5.93. The molecular formula is C11H18N2O. The summed E-state index contributed by atoms with van der Waals surface area (Å²) in [5.74, 6) is 0.659. The van der Waals surface area contributed by atoms with Crippen molar-refractivity contribution in [3.05, 3.63) is 23.9 Å². The van der Waals surface area contributed by atoms with Crippen molar-refractivity contribution in [2.75, 3.05) is 7.11 Å². The largest absolute Gasteiger partial charge is 0.481 e. The van der Waals surface area contributed by atoms with Crippen LogP contribution in [0.5, 0.6) is 5.88 Å². The van der Waals surface area contributed by atoms with Crippen LogP contribution in [0, 0.1) is 0 Å². The van der Waals surface area contributed by atoms with E-state index in [0.717, 1.165) is 25.0 Å². The lowest BCUT2D eigenvalue weighted by Gasteiger charge is -2.09. The molecule has 0 radical (unpaired) electrons. The van der Waals surface area contributed by atoms with Gasteiger partial charge in [-0.1, -0.05) is 19.4 Å². The van der Waals surface area contributed by atoms with Crippen LogP contribution < -0.4 is 10.5 Å². The highest BCUT2D eigenvalue weighted by molar-refractivity contribution is 5.16. The van der Waals surface area contributed by atoms with Crippen molar-refractivity contribution in [2.45, 2.75) is 32.2 Å². The quantitative estimate of drug-likeness (QED) is 0.777. The molecule has 0 bridgehead atoms. The number of methoxy groups -OCH3 is 1. The number of hydrogen-bond donors (Lipinski definition) is 1. The number of rotatable bonds is 5. The normalized spacial score (nSPS) is 12.5. The Kier molecular flexibility index (Phi) is 4.40. The van der Waals surface area contributed by atoms with E-state index in [9.17, 15) is 0 Å². The van der Waals surface area contributed by atoms with Gasteiger partial charge in [0.1, 0.15) is 0 Å². The fraction of sp³-hybridized carbons (Fsp3) is 0.545. The zero-order valence-corrected chi connectivity index (χ0v) is 8.86. The third kappa shape index (κ3) is 3.34. The average molecular weight is 194 g/mol. The third-order valence-electron chi connectivity index (χ3n) is 2.12. The molecule has 1 unspecified atom stereocenters. The van der Waals surface area contributed by atoms with Gasteiger partial charge in [0.2, 0.25) is 5.88 Å². The minimum absolute atomic E-state index is 0.208. The fourth-order valence-corrected chi connectivity index (χ4v) is 1.43. The first kappa shape index (κ1) is 11.0. The summed E-state index contributed by atoms with van der Waals surface area (Å²) in [6, 6.07) is 5.98. The van der Waals surface area contributed by atoms with E-state index in [1.54, 1.807) is 7.11 Å². The van der Waals surface area contributed by atoms with Gasteiger partial charge < -0.3 is 10.5 Å².